The van der Waals surface area contributed by atoms with Crippen LogP contribution in [0.3, 0.4) is 0 Å². The van der Waals surface area contributed by atoms with Crippen molar-refractivity contribution in [1.82, 2.24) is 0 Å². The predicted molar refractivity (Wildman–Crippen MR) is 56.9 cm³/mol. The molecule has 82 valence electrons. The van der Waals surface area contributed by atoms with E-state index >= 15 is 0 Å². The van der Waals surface area contributed by atoms with Crippen molar-refractivity contribution in [3.63, 3.8) is 0 Å². The van der Waals surface area contributed by atoms with Gasteiger partial charge in [-0.1, -0.05) is 23.2 Å². The molecule has 0 aliphatic heterocycles. The first kappa shape index (κ1) is 12.1. The number of carbonyl (C=O) groups is 1. The van der Waals surface area contributed by atoms with E-state index in [0.717, 1.165) is 12.1 Å². The van der Waals surface area contributed by atoms with Crippen molar-refractivity contribution in [3.05, 3.63) is 28.0 Å². The van der Waals surface area contributed by atoms with Gasteiger partial charge in [0.2, 0.25) is 0 Å². The van der Waals surface area contributed by atoms with Crippen LogP contribution in [0.2, 0.25) is 10.0 Å². The van der Waals surface area contributed by atoms with Crippen molar-refractivity contribution in [2.75, 3.05) is 19.0 Å². The Kier molecular flexibility index (Phi) is 4.17. The summed E-state index contributed by atoms with van der Waals surface area (Å²) in [6.07, 6.45) is 0. The van der Waals surface area contributed by atoms with Crippen molar-refractivity contribution < 1.29 is 13.9 Å². The van der Waals surface area contributed by atoms with Crippen LogP contribution in [0.1, 0.15) is 0 Å². The van der Waals surface area contributed by atoms with E-state index in [0.29, 0.717) is 5.69 Å². The Balaban J connectivity index is 2.81. The van der Waals surface area contributed by atoms with Gasteiger partial charge in [-0.05, 0) is 12.1 Å². The maximum absolute atomic E-state index is 12.8. The highest BCUT2D eigenvalue weighted by atomic mass is 35.5. The number of halogens is 3. The molecule has 0 amide bonds. The number of hydrogen-bond donors (Lipinski definition) is 1. The minimum Gasteiger partial charge on any atom is -0.468 e. The fraction of sp³-hybridized carbons (Fsp3) is 0.222. The summed E-state index contributed by atoms with van der Waals surface area (Å²) in [6, 6.07) is 2.21. The van der Waals surface area contributed by atoms with E-state index in [2.05, 4.69) is 10.1 Å². The van der Waals surface area contributed by atoms with Gasteiger partial charge >= 0.3 is 5.97 Å². The zero-order valence-corrected chi connectivity index (χ0v) is 9.32. The zero-order chi connectivity index (χ0) is 11.4. The van der Waals surface area contributed by atoms with E-state index in [4.69, 9.17) is 23.2 Å². The van der Waals surface area contributed by atoms with Crippen molar-refractivity contribution in [3.8, 4) is 0 Å². The molecular formula is C9H8Cl2FNO2. The number of carbonyl (C=O) groups excluding carboxylic acids is 1. The van der Waals surface area contributed by atoms with Gasteiger partial charge in [-0.25, -0.2) is 4.39 Å². The smallest absolute Gasteiger partial charge is 0.325 e. The molecule has 3 nitrogen and oxygen atoms in total. The fourth-order valence-electron chi connectivity index (χ4n) is 0.944. The SMILES string of the molecule is COC(=O)CNc1c(Cl)cc(F)cc1Cl. The molecule has 0 aromatic heterocycles. The van der Waals surface area contributed by atoms with Gasteiger partial charge in [-0.15, -0.1) is 0 Å². The van der Waals surface area contributed by atoms with Gasteiger partial charge in [0.15, 0.2) is 0 Å². The minimum absolute atomic E-state index is 0.0818. The Hall–Kier alpha value is -1.00. The van der Waals surface area contributed by atoms with Crippen LogP contribution >= 0.6 is 23.2 Å². The molecule has 1 aromatic carbocycles. The molecule has 15 heavy (non-hydrogen) atoms. The molecule has 0 radical (unpaired) electrons. The Morgan fingerprint density at radius 1 is 1.47 bits per heavy atom. The third-order valence-electron chi connectivity index (χ3n) is 1.64. The van der Waals surface area contributed by atoms with Gasteiger partial charge < -0.3 is 10.1 Å². The van der Waals surface area contributed by atoms with Gasteiger partial charge in [0.25, 0.3) is 0 Å². The highest BCUT2D eigenvalue weighted by Crippen LogP contribution is 2.31. The summed E-state index contributed by atoms with van der Waals surface area (Å²) < 4.78 is 17.2. The average molecular weight is 252 g/mol. The van der Waals surface area contributed by atoms with Crippen molar-refractivity contribution in [2.45, 2.75) is 0 Å². The Bertz CT molecular complexity index is 361. The lowest BCUT2D eigenvalue weighted by Crippen LogP contribution is -2.15. The van der Waals surface area contributed by atoms with Gasteiger partial charge in [0, 0.05) is 0 Å². The van der Waals surface area contributed by atoms with E-state index < -0.39 is 11.8 Å². The second-order valence-electron chi connectivity index (χ2n) is 2.67. The summed E-state index contributed by atoms with van der Waals surface area (Å²) in [5.74, 6) is -1.000. The molecule has 0 bridgehead atoms. The third kappa shape index (κ3) is 3.25. The van der Waals surface area contributed by atoms with Gasteiger partial charge in [-0.3, -0.25) is 4.79 Å². The Morgan fingerprint density at radius 3 is 2.47 bits per heavy atom. The lowest BCUT2D eigenvalue weighted by Gasteiger charge is -2.09. The number of anilines is 1. The van der Waals surface area contributed by atoms with E-state index in [1.165, 1.54) is 7.11 Å². The number of methoxy groups -OCH3 is 1. The standard InChI is InChI=1S/C9H8Cl2FNO2/c1-15-8(14)4-13-9-6(10)2-5(12)3-7(9)11/h2-3,13H,4H2,1H3. The van der Waals surface area contributed by atoms with E-state index in [9.17, 15) is 9.18 Å². The van der Waals surface area contributed by atoms with E-state index in [1.54, 1.807) is 0 Å². The largest absolute Gasteiger partial charge is 0.468 e. The van der Waals surface area contributed by atoms with Crippen molar-refractivity contribution in [1.29, 1.82) is 0 Å². The van der Waals surface area contributed by atoms with Crippen LogP contribution in [-0.4, -0.2) is 19.6 Å². The number of esters is 1. The minimum atomic E-state index is -0.534. The van der Waals surface area contributed by atoms with Crippen molar-refractivity contribution >= 4 is 34.9 Å². The average Bonchev–Trinajstić information content (AvgIpc) is 2.15. The molecule has 0 aliphatic rings. The molecule has 0 saturated heterocycles. The van der Waals surface area contributed by atoms with E-state index in [-0.39, 0.29) is 16.6 Å². The second kappa shape index (κ2) is 5.19. The summed E-state index contributed by atoms with van der Waals surface area (Å²) in [5.41, 5.74) is 0.310. The summed E-state index contributed by atoms with van der Waals surface area (Å²) in [7, 11) is 1.26. The Morgan fingerprint density at radius 2 is 2.00 bits per heavy atom. The molecule has 0 unspecified atom stereocenters. The second-order valence-corrected chi connectivity index (χ2v) is 3.49. The molecule has 0 aliphatic carbocycles. The van der Waals surface area contributed by atoms with Crippen molar-refractivity contribution in [2.24, 2.45) is 0 Å². The van der Waals surface area contributed by atoms with Crippen LogP contribution < -0.4 is 5.32 Å². The zero-order valence-electron chi connectivity index (χ0n) is 7.81. The van der Waals surface area contributed by atoms with Crippen LogP contribution in [0.4, 0.5) is 10.1 Å². The molecular weight excluding hydrogens is 244 g/mol. The molecule has 0 heterocycles. The summed E-state index contributed by atoms with van der Waals surface area (Å²) >= 11 is 11.4. The summed E-state index contributed by atoms with van der Waals surface area (Å²) in [4.78, 5) is 10.8. The van der Waals surface area contributed by atoms with Gasteiger partial charge in [0.05, 0.1) is 22.8 Å². The number of rotatable bonds is 3. The van der Waals surface area contributed by atoms with E-state index in [1.807, 2.05) is 0 Å². The lowest BCUT2D eigenvalue weighted by atomic mass is 10.3. The third-order valence-corrected chi connectivity index (χ3v) is 2.24. The molecule has 0 spiro atoms. The monoisotopic (exact) mass is 251 g/mol. The maximum atomic E-state index is 12.8. The highest BCUT2D eigenvalue weighted by Gasteiger charge is 2.09. The number of ether oxygens (including phenoxy) is 1. The normalized spacial score (nSPS) is 9.87. The maximum Gasteiger partial charge on any atom is 0.325 e. The highest BCUT2D eigenvalue weighted by molar-refractivity contribution is 6.39. The molecule has 6 heteroatoms. The lowest BCUT2D eigenvalue weighted by molar-refractivity contribution is -0.138. The first-order valence-corrected chi connectivity index (χ1v) is 4.75. The predicted octanol–water partition coefficient (Wildman–Crippen LogP) is 2.72. The van der Waals surface area contributed by atoms with Crippen LogP contribution in [0, 0.1) is 5.82 Å². The van der Waals surface area contributed by atoms with Gasteiger partial charge in [0.1, 0.15) is 12.4 Å². The molecule has 1 N–H and O–H groups in total. The summed E-state index contributed by atoms with van der Waals surface area (Å²) in [5, 5.41) is 2.88. The number of nitrogens with one attached hydrogen (secondary N) is 1. The van der Waals surface area contributed by atoms with Crippen LogP contribution in [0.15, 0.2) is 12.1 Å². The molecule has 0 saturated carbocycles. The van der Waals surface area contributed by atoms with Crippen LogP contribution in [-0.2, 0) is 9.53 Å². The summed E-state index contributed by atoms with van der Waals surface area (Å²) in [6.45, 7) is -0.0818. The first-order chi connectivity index (χ1) is 7.04. The first-order valence-electron chi connectivity index (χ1n) is 4.00. The fourth-order valence-corrected chi connectivity index (χ4v) is 1.54. The molecule has 0 atom stereocenters. The van der Waals surface area contributed by atoms with Gasteiger partial charge in [-0.2, -0.15) is 0 Å². The quantitative estimate of drug-likeness (QED) is 0.840. The topological polar surface area (TPSA) is 38.3 Å². The number of benzene rings is 1. The molecule has 1 aromatic rings. The van der Waals surface area contributed by atoms with Crippen LogP contribution in [0.25, 0.3) is 0 Å². The Labute approximate surface area is 96.1 Å². The number of hydrogen-bond acceptors (Lipinski definition) is 3. The molecule has 1 rings (SSSR count). The molecule has 0 fully saturated rings. The van der Waals surface area contributed by atoms with Crippen LogP contribution in [0.5, 0.6) is 0 Å².